The van der Waals surface area contributed by atoms with E-state index in [0.717, 1.165) is 22.3 Å². The van der Waals surface area contributed by atoms with Crippen molar-refractivity contribution in [1.82, 2.24) is 9.97 Å². The summed E-state index contributed by atoms with van der Waals surface area (Å²) in [5, 5.41) is 4.18. The Balaban J connectivity index is 1.81. The molecule has 3 aromatic rings. The number of hydrogen-bond acceptors (Lipinski definition) is 5. The lowest BCUT2D eigenvalue weighted by Gasteiger charge is -2.08. The fraction of sp³-hybridized carbons (Fsp3) is 0.111. The standard InChI is InChI=1S/C18H17N3O2/c1-22-16-8-7-13(11-17(16)23-2)9-10-19-18-14-5-3-4-6-15(14)20-12-21-18/h3-12H,1-2H3,(H,19,20,21). The molecule has 0 aliphatic carbocycles. The van der Waals surface area contributed by atoms with Gasteiger partial charge in [0, 0.05) is 11.6 Å². The molecule has 0 saturated carbocycles. The number of ether oxygens (including phenoxy) is 2. The monoisotopic (exact) mass is 307 g/mol. The van der Waals surface area contributed by atoms with E-state index in [-0.39, 0.29) is 0 Å². The van der Waals surface area contributed by atoms with E-state index in [2.05, 4.69) is 15.3 Å². The van der Waals surface area contributed by atoms with Crippen molar-refractivity contribution in [2.24, 2.45) is 0 Å². The van der Waals surface area contributed by atoms with Crippen LogP contribution in [0.25, 0.3) is 17.0 Å². The van der Waals surface area contributed by atoms with Gasteiger partial charge in [-0.2, -0.15) is 0 Å². The Morgan fingerprint density at radius 3 is 2.61 bits per heavy atom. The van der Waals surface area contributed by atoms with Gasteiger partial charge in [-0.05, 0) is 35.9 Å². The van der Waals surface area contributed by atoms with Crippen LogP contribution in [0.2, 0.25) is 0 Å². The zero-order valence-corrected chi connectivity index (χ0v) is 13.0. The summed E-state index contributed by atoms with van der Waals surface area (Å²) in [6, 6.07) is 13.6. The molecule has 0 spiro atoms. The highest BCUT2D eigenvalue weighted by Crippen LogP contribution is 2.28. The Hall–Kier alpha value is -3.08. The molecule has 0 radical (unpaired) electrons. The summed E-state index contributed by atoms with van der Waals surface area (Å²) < 4.78 is 10.5. The van der Waals surface area contributed by atoms with Gasteiger partial charge in [0.2, 0.25) is 0 Å². The molecule has 0 unspecified atom stereocenters. The minimum atomic E-state index is 0.696. The summed E-state index contributed by atoms with van der Waals surface area (Å²) in [4.78, 5) is 8.53. The summed E-state index contributed by atoms with van der Waals surface area (Å²) in [7, 11) is 3.24. The molecule has 0 bridgehead atoms. The number of aromatic nitrogens is 2. The van der Waals surface area contributed by atoms with Gasteiger partial charge in [0.25, 0.3) is 0 Å². The van der Waals surface area contributed by atoms with Crippen LogP contribution < -0.4 is 14.8 Å². The summed E-state index contributed by atoms with van der Waals surface area (Å²) in [5.41, 5.74) is 1.90. The van der Waals surface area contributed by atoms with Crippen molar-refractivity contribution in [1.29, 1.82) is 0 Å². The maximum Gasteiger partial charge on any atom is 0.161 e. The molecule has 0 fully saturated rings. The molecular weight excluding hydrogens is 290 g/mol. The molecule has 0 atom stereocenters. The lowest BCUT2D eigenvalue weighted by Crippen LogP contribution is -1.94. The van der Waals surface area contributed by atoms with Crippen molar-refractivity contribution in [2.45, 2.75) is 0 Å². The molecule has 5 nitrogen and oxygen atoms in total. The first-order chi connectivity index (χ1) is 11.3. The number of para-hydroxylation sites is 1. The quantitative estimate of drug-likeness (QED) is 0.778. The van der Waals surface area contributed by atoms with Gasteiger partial charge >= 0.3 is 0 Å². The van der Waals surface area contributed by atoms with Crippen LogP contribution >= 0.6 is 0 Å². The lowest BCUT2D eigenvalue weighted by molar-refractivity contribution is 0.355. The summed E-state index contributed by atoms with van der Waals surface area (Å²) in [6.07, 6.45) is 5.34. The van der Waals surface area contributed by atoms with Crippen molar-refractivity contribution < 1.29 is 9.47 Å². The van der Waals surface area contributed by atoms with Gasteiger partial charge in [-0.3, -0.25) is 0 Å². The number of anilines is 1. The number of methoxy groups -OCH3 is 2. The fourth-order valence-corrected chi connectivity index (χ4v) is 2.29. The largest absolute Gasteiger partial charge is 0.493 e. The molecule has 0 aliphatic rings. The van der Waals surface area contributed by atoms with Gasteiger partial charge in [-0.25, -0.2) is 9.97 Å². The Labute approximate surface area is 134 Å². The Bertz CT molecular complexity index is 841. The highest BCUT2D eigenvalue weighted by Gasteiger charge is 2.03. The molecule has 0 aliphatic heterocycles. The molecular formula is C18H17N3O2. The van der Waals surface area contributed by atoms with Crippen LogP contribution in [0.3, 0.4) is 0 Å². The van der Waals surface area contributed by atoms with Crippen LogP contribution in [0.4, 0.5) is 5.82 Å². The van der Waals surface area contributed by atoms with E-state index in [1.165, 1.54) is 0 Å². The minimum Gasteiger partial charge on any atom is -0.493 e. The predicted octanol–water partition coefficient (Wildman–Crippen LogP) is 3.73. The lowest BCUT2D eigenvalue weighted by atomic mass is 10.2. The highest BCUT2D eigenvalue weighted by molar-refractivity contribution is 5.89. The summed E-state index contributed by atoms with van der Waals surface area (Å²) >= 11 is 0. The van der Waals surface area contributed by atoms with Gasteiger partial charge in [-0.15, -0.1) is 0 Å². The van der Waals surface area contributed by atoms with E-state index in [4.69, 9.17) is 9.47 Å². The zero-order valence-electron chi connectivity index (χ0n) is 13.0. The third-order valence-corrected chi connectivity index (χ3v) is 3.45. The molecule has 3 rings (SSSR count). The van der Waals surface area contributed by atoms with Crippen molar-refractivity contribution in [3.63, 3.8) is 0 Å². The fourth-order valence-electron chi connectivity index (χ4n) is 2.29. The molecule has 1 aromatic heterocycles. The Morgan fingerprint density at radius 2 is 1.78 bits per heavy atom. The first-order valence-electron chi connectivity index (χ1n) is 7.16. The van der Waals surface area contributed by atoms with Gasteiger partial charge in [0.05, 0.1) is 19.7 Å². The molecule has 0 amide bonds. The van der Waals surface area contributed by atoms with E-state index in [9.17, 15) is 0 Å². The Morgan fingerprint density at radius 1 is 0.957 bits per heavy atom. The second-order valence-corrected chi connectivity index (χ2v) is 4.83. The van der Waals surface area contributed by atoms with Crippen LogP contribution in [0, 0.1) is 0 Å². The van der Waals surface area contributed by atoms with Crippen molar-refractivity contribution in [2.75, 3.05) is 19.5 Å². The predicted molar refractivity (Wildman–Crippen MR) is 91.7 cm³/mol. The number of nitrogens with one attached hydrogen (secondary N) is 1. The van der Waals surface area contributed by atoms with E-state index in [0.29, 0.717) is 11.5 Å². The molecule has 23 heavy (non-hydrogen) atoms. The third-order valence-electron chi connectivity index (χ3n) is 3.45. The molecule has 2 aromatic carbocycles. The van der Waals surface area contributed by atoms with Crippen LogP contribution in [0.15, 0.2) is 55.0 Å². The number of fused-ring (bicyclic) bond motifs is 1. The maximum atomic E-state index is 5.30. The van der Waals surface area contributed by atoms with E-state index < -0.39 is 0 Å². The molecule has 1 heterocycles. The van der Waals surface area contributed by atoms with Crippen molar-refractivity contribution in [3.05, 3.63) is 60.6 Å². The molecule has 116 valence electrons. The first kappa shape index (κ1) is 14.8. The number of benzene rings is 2. The SMILES string of the molecule is COc1ccc(C=CNc2ncnc3ccccc23)cc1OC. The van der Waals surface area contributed by atoms with Gasteiger partial charge in [0.15, 0.2) is 11.5 Å². The highest BCUT2D eigenvalue weighted by atomic mass is 16.5. The second-order valence-electron chi connectivity index (χ2n) is 4.83. The van der Waals surface area contributed by atoms with E-state index >= 15 is 0 Å². The van der Waals surface area contributed by atoms with Gasteiger partial charge in [0.1, 0.15) is 12.1 Å². The van der Waals surface area contributed by atoms with Crippen LogP contribution in [-0.4, -0.2) is 24.2 Å². The van der Waals surface area contributed by atoms with Crippen LogP contribution in [0.1, 0.15) is 5.56 Å². The van der Waals surface area contributed by atoms with Crippen molar-refractivity contribution in [3.8, 4) is 11.5 Å². The first-order valence-corrected chi connectivity index (χ1v) is 7.16. The second kappa shape index (κ2) is 6.79. The smallest absolute Gasteiger partial charge is 0.161 e. The Kier molecular flexibility index (Phi) is 4.38. The number of rotatable bonds is 5. The van der Waals surface area contributed by atoms with Crippen LogP contribution in [0.5, 0.6) is 11.5 Å². The topological polar surface area (TPSA) is 56.3 Å². The maximum absolute atomic E-state index is 5.30. The average molecular weight is 307 g/mol. The summed E-state index contributed by atoms with van der Waals surface area (Å²) in [5.74, 6) is 2.17. The van der Waals surface area contributed by atoms with Gasteiger partial charge < -0.3 is 14.8 Å². The summed E-state index contributed by atoms with van der Waals surface area (Å²) in [6.45, 7) is 0. The van der Waals surface area contributed by atoms with Crippen molar-refractivity contribution >= 4 is 22.8 Å². The average Bonchev–Trinajstić information content (AvgIpc) is 2.61. The van der Waals surface area contributed by atoms with E-state index in [1.807, 2.05) is 54.7 Å². The number of hydrogen-bond donors (Lipinski definition) is 1. The molecule has 5 heteroatoms. The van der Waals surface area contributed by atoms with Gasteiger partial charge in [-0.1, -0.05) is 18.2 Å². The number of nitrogens with zero attached hydrogens (tertiary/aromatic N) is 2. The van der Waals surface area contributed by atoms with Crippen LogP contribution in [-0.2, 0) is 0 Å². The zero-order chi connectivity index (χ0) is 16.1. The molecule has 0 saturated heterocycles. The third kappa shape index (κ3) is 3.23. The minimum absolute atomic E-state index is 0.696. The normalized spacial score (nSPS) is 10.9. The molecule has 1 N–H and O–H groups in total. The van der Waals surface area contributed by atoms with E-state index in [1.54, 1.807) is 20.5 Å².